The zero-order valence-corrected chi connectivity index (χ0v) is 11.2. The summed E-state index contributed by atoms with van der Waals surface area (Å²) in [7, 11) is 1.78. The van der Waals surface area contributed by atoms with Crippen molar-refractivity contribution in [1.29, 1.82) is 0 Å². The highest BCUT2D eigenvalue weighted by Crippen LogP contribution is 2.27. The summed E-state index contributed by atoms with van der Waals surface area (Å²) in [5, 5.41) is 9.53. The predicted octanol–water partition coefficient (Wildman–Crippen LogP) is 0.620. The second-order valence-electron chi connectivity index (χ2n) is 5.27. The first-order valence-corrected chi connectivity index (χ1v) is 7.02. The molecule has 18 heavy (non-hydrogen) atoms. The van der Waals surface area contributed by atoms with Crippen LogP contribution in [0.2, 0.25) is 0 Å². The second-order valence-corrected chi connectivity index (χ2v) is 5.27. The van der Waals surface area contributed by atoms with E-state index in [0.29, 0.717) is 12.5 Å². The van der Waals surface area contributed by atoms with Gasteiger partial charge in [-0.15, -0.1) is 0 Å². The van der Waals surface area contributed by atoms with Gasteiger partial charge in [0.1, 0.15) is 0 Å². The van der Waals surface area contributed by atoms with E-state index in [1.165, 1.54) is 12.8 Å². The summed E-state index contributed by atoms with van der Waals surface area (Å²) in [6.45, 7) is 1.81. The van der Waals surface area contributed by atoms with Crippen molar-refractivity contribution in [3.63, 3.8) is 0 Å². The first-order chi connectivity index (χ1) is 8.78. The lowest BCUT2D eigenvalue weighted by atomic mass is 10.3. The van der Waals surface area contributed by atoms with Gasteiger partial charge in [-0.05, 0) is 38.0 Å². The Labute approximate surface area is 109 Å². The molecule has 0 radical (unpaired) electrons. The van der Waals surface area contributed by atoms with E-state index in [0.717, 1.165) is 44.2 Å². The van der Waals surface area contributed by atoms with Crippen molar-refractivity contribution in [1.82, 2.24) is 16.0 Å². The van der Waals surface area contributed by atoms with Gasteiger partial charge in [-0.25, -0.2) is 0 Å². The fourth-order valence-corrected chi connectivity index (χ4v) is 1.77. The number of aliphatic imine (C=N–C) groups is 1. The number of guanidine groups is 1. The molecule has 2 aliphatic rings. The van der Waals surface area contributed by atoms with Gasteiger partial charge in [-0.1, -0.05) is 0 Å². The molecule has 102 valence electrons. The third kappa shape index (κ3) is 5.38. The summed E-state index contributed by atoms with van der Waals surface area (Å²) < 4.78 is 0. The first-order valence-electron chi connectivity index (χ1n) is 7.02. The van der Waals surface area contributed by atoms with Gasteiger partial charge in [-0.2, -0.15) is 0 Å². The molecule has 0 bridgehead atoms. The van der Waals surface area contributed by atoms with Gasteiger partial charge in [-0.3, -0.25) is 9.79 Å². The smallest absolute Gasteiger partial charge is 0.220 e. The molecule has 0 spiro atoms. The van der Waals surface area contributed by atoms with Crippen LogP contribution in [0.15, 0.2) is 4.99 Å². The molecule has 0 aromatic carbocycles. The van der Waals surface area contributed by atoms with Gasteiger partial charge < -0.3 is 16.0 Å². The molecule has 0 aromatic rings. The van der Waals surface area contributed by atoms with Crippen LogP contribution >= 0.6 is 0 Å². The van der Waals surface area contributed by atoms with E-state index < -0.39 is 0 Å². The summed E-state index contributed by atoms with van der Waals surface area (Å²) in [6.07, 6.45) is 6.44. The molecule has 1 amide bonds. The van der Waals surface area contributed by atoms with E-state index in [1.54, 1.807) is 7.05 Å². The van der Waals surface area contributed by atoms with Crippen LogP contribution in [0.1, 0.15) is 38.5 Å². The van der Waals surface area contributed by atoms with Crippen molar-refractivity contribution in [2.24, 2.45) is 10.9 Å². The normalized spacial score (nSPS) is 19.5. The van der Waals surface area contributed by atoms with Crippen molar-refractivity contribution in [2.75, 3.05) is 20.1 Å². The standard InChI is InChI=1S/C13H24N4O/c1-14-13(16-9-10-4-5-10)15-8-2-3-12(18)17-11-6-7-11/h10-11H,2-9H2,1H3,(H,17,18)(H2,14,15,16). The van der Waals surface area contributed by atoms with Gasteiger partial charge in [0, 0.05) is 32.6 Å². The Hall–Kier alpha value is -1.26. The number of nitrogens with zero attached hydrogens (tertiary/aromatic N) is 1. The Morgan fingerprint density at radius 2 is 2.00 bits per heavy atom. The molecule has 3 N–H and O–H groups in total. The highest BCUT2D eigenvalue weighted by atomic mass is 16.1. The van der Waals surface area contributed by atoms with Crippen molar-refractivity contribution < 1.29 is 4.79 Å². The summed E-state index contributed by atoms with van der Waals surface area (Å²) in [4.78, 5) is 15.6. The SMILES string of the molecule is CN=C(NCCCC(=O)NC1CC1)NCC1CC1. The fourth-order valence-electron chi connectivity index (χ4n) is 1.77. The fraction of sp³-hybridized carbons (Fsp3) is 0.846. The monoisotopic (exact) mass is 252 g/mol. The number of amides is 1. The summed E-state index contributed by atoms with van der Waals surface area (Å²) in [6, 6.07) is 0.471. The van der Waals surface area contributed by atoms with Crippen LogP contribution in [0.5, 0.6) is 0 Å². The first kappa shape index (κ1) is 13.2. The third-order valence-corrected chi connectivity index (χ3v) is 3.29. The topological polar surface area (TPSA) is 65.5 Å². The second kappa shape index (κ2) is 6.61. The molecular formula is C13H24N4O. The molecule has 0 saturated heterocycles. The van der Waals surface area contributed by atoms with E-state index in [1.807, 2.05) is 0 Å². The maximum absolute atomic E-state index is 11.4. The summed E-state index contributed by atoms with van der Waals surface area (Å²) in [5.74, 6) is 1.87. The molecule has 2 saturated carbocycles. The van der Waals surface area contributed by atoms with Gasteiger partial charge in [0.15, 0.2) is 5.96 Å². The molecule has 0 heterocycles. The molecule has 0 aromatic heterocycles. The van der Waals surface area contributed by atoms with Gasteiger partial charge >= 0.3 is 0 Å². The molecule has 0 atom stereocenters. The van der Waals surface area contributed by atoms with Crippen LogP contribution < -0.4 is 16.0 Å². The lowest BCUT2D eigenvalue weighted by molar-refractivity contribution is -0.121. The Morgan fingerprint density at radius 1 is 1.22 bits per heavy atom. The molecular weight excluding hydrogens is 228 g/mol. The highest BCUT2D eigenvalue weighted by molar-refractivity contribution is 5.80. The predicted molar refractivity (Wildman–Crippen MR) is 72.5 cm³/mol. The number of carbonyl (C=O) groups excluding carboxylic acids is 1. The summed E-state index contributed by atoms with van der Waals surface area (Å²) in [5.41, 5.74) is 0. The minimum Gasteiger partial charge on any atom is -0.356 e. The van der Waals surface area contributed by atoms with Crippen LogP contribution in [0, 0.1) is 5.92 Å². The highest BCUT2D eigenvalue weighted by Gasteiger charge is 2.23. The van der Waals surface area contributed by atoms with E-state index in [2.05, 4.69) is 20.9 Å². The maximum Gasteiger partial charge on any atom is 0.220 e. The lowest BCUT2D eigenvalue weighted by Gasteiger charge is -2.11. The van der Waals surface area contributed by atoms with Gasteiger partial charge in [0.2, 0.25) is 5.91 Å². The third-order valence-electron chi connectivity index (χ3n) is 3.29. The van der Waals surface area contributed by atoms with E-state index in [4.69, 9.17) is 0 Å². The van der Waals surface area contributed by atoms with E-state index in [9.17, 15) is 4.79 Å². The largest absolute Gasteiger partial charge is 0.356 e. The Bertz CT molecular complexity index is 308. The number of nitrogens with one attached hydrogen (secondary N) is 3. The molecule has 2 rings (SSSR count). The maximum atomic E-state index is 11.4. The van der Waals surface area contributed by atoms with Gasteiger partial charge in [0.05, 0.1) is 0 Å². The number of rotatable bonds is 7. The summed E-state index contributed by atoms with van der Waals surface area (Å²) >= 11 is 0. The average Bonchev–Trinajstić information content (AvgIpc) is 3.22. The molecule has 0 unspecified atom stereocenters. The average molecular weight is 252 g/mol. The number of hydrogen-bond donors (Lipinski definition) is 3. The van der Waals surface area contributed by atoms with Crippen LogP contribution in [0.4, 0.5) is 0 Å². The minimum atomic E-state index is 0.181. The molecule has 5 nitrogen and oxygen atoms in total. The van der Waals surface area contributed by atoms with Crippen molar-refractivity contribution in [2.45, 2.75) is 44.6 Å². The van der Waals surface area contributed by atoms with Crippen LogP contribution in [-0.2, 0) is 4.79 Å². The molecule has 2 aliphatic carbocycles. The zero-order valence-electron chi connectivity index (χ0n) is 11.2. The zero-order chi connectivity index (χ0) is 12.8. The number of hydrogen-bond acceptors (Lipinski definition) is 2. The lowest BCUT2D eigenvalue weighted by Crippen LogP contribution is -2.39. The van der Waals surface area contributed by atoms with Crippen molar-refractivity contribution >= 4 is 11.9 Å². The molecule has 0 aliphatic heterocycles. The van der Waals surface area contributed by atoms with Crippen LogP contribution in [0.3, 0.4) is 0 Å². The Balaban J connectivity index is 1.48. The Kier molecular flexibility index (Phi) is 4.84. The quantitative estimate of drug-likeness (QED) is 0.353. The van der Waals surface area contributed by atoms with Crippen LogP contribution in [-0.4, -0.2) is 38.0 Å². The van der Waals surface area contributed by atoms with Crippen LogP contribution in [0.25, 0.3) is 0 Å². The van der Waals surface area contributed by atoms with Gasteiger partial charge in [0.25, 0.3) is 0 Å². The number of carbonyl (C=O) groups is 1. The molecule has 5 heteroatoms. The van der Waals surface area contributed by atoms with E-state index in [-0.39, 0.29) is 5.91 Å². The van der Waals surface area contributed by atoms with Crippen molar-refractivity contribution in [3.8, 4) is 0 Å². The Morgan fingerprint density at radius 3 is 2.61 bits per heavy atom. The van der Waals surface area contributed by atoms with Crippen molar-refractivity contribution in [3.05, 3.63) is 0 Å². The minimum absolute atomic E-state index is 0.181. The van der Waals surface area contributed by atoms with E-state index >= 15 is 0 Å². The molecule has 2 fully saturated rings.